The van der Waals surface area contributed by atoms with E-state index in [1.54, 1.807) is 12.1 Å². The fourth-order valence-corrected chi connectivity index (χ4v) is 2.23. The molecule has 0 bridgehead atoms. The number of hydrogen-bond donors (Lipinski definition) is 1. The Morgan fingerprint density at radius 2 is 1.65 bits per heavy atom. The highest BCUT2D eigenvalue weighted by Gasteiger charge is 2.04. The van der Waals surface area contributed by atoms with Gasteiger partial charge in [-0.1, -0.05) is 42.5 Å². The molecule has 0 atom stereocenters. The van der Waals surface area contributed by atoms with Crippen LogP contribution in [0.5, 0.6) is 0 Å². The van der Waals surface area contributed by atoms with E-state index in [0.29, 0.717) is 6.54 Å². The first kappa shape index (κ1) is 14.7. The second kappa shape index (κ2) is 6.70. The Labute approximate surface area is 133 Å². The number of pyridine rings is 1. The molecule has 0 radical (unpaired) electrons. The Morgan fingerprint density at radius 1 is 0.913 bits per heavy atom. The van der Waals surface area contributed by atoms with Crippen molar-refractivity contribution in [2.45, 2.75) is 6.54 Å². The van der Waals surface area contributed by atoms with E-state index < -0.39 is 4.92 Å². The lowest BCUT2D eigenvalue weighted by molar-refractivity contribution is -0.384. The predicted octanol–water partition coefficient (Wildman–Crippen LogP) is 4.27. The monoisotopic (exact) mass is 305 g/mol. The second-order valence-corrected chi connectivity index (χ2v) is 5.08. The third kappa shape index (κ3) is 3.71. The van der Waals surface area contributed by atoms with Crippen molar-refractivity contribution in [1.29, 1.82) is 0 Å². The molecule has 1 heterocycles. The zero-order chi connectivity index (χ0) is 16.1. The molecule has 0 fully saturated rings. The minimum Gasteiger partial charge on any atom is -0.366 e. The van der Waals surface area contributed by atoms with Crippen molar-refractivity contribution in [2.24, 2.45) is 0 Å². The van der Waals surface area contributed by atoms with Gasteiger partial charge in [0.2, 0.25) is 0 Å². The summed E-state index contributed by atoms with van der Waals surface area (Å²) < 4.78 is 0. The number of non-ortho nitro benzene ring substituents is 1. The highest BCUT2D eigenvalue weighted by molar-refractivity contribution is 5.63. The largest absolute Gasteiger partial charge is 0.366 e. The number of nitro groups is 1. The Bertz CT molecular complexity index is 785. The summed E-state index contributed by atoms with van der Waals surface area (Å²) in [6, 6.07) is 20.5. The summed E-state index contributed by atoms with van der Waals surface area (Å²) in [5, 5.41) is 13.8. The van der Waals surface area contributed by atoms with Crippen LogP contribution in [0.25, 0.3) is 11.1 Å². The van der Waals surface area contributed by atoms with Crippen LogP contribution in [0.2, 0.25) is 0 Å². The maximum Gasteiger partial charge on any atom is 0.269 e. The molecule has 5 nitrogen and oxygen atoms in total. The van der Waals surface area contributed by atoms with Crippen LogP contribution >= 0.6 is 0 Å². The fourth-order valence-electron chi connectivity index (χ4n) is 2.23. The van der Waals surface area contributed by atoms with Gasteiger partial charge >= 0.3 is 0 Å². The quantitative estimate of drug-likeness (QED) is 0.564. The highest BCUT2D eigenvalue weighted by Crippen LogP contribution is 2.19. The van der Waals surface area contributed by atoms with Crippen LogP contribution in [0.3, 0.4) is 0 Å². The molecule has 0 saturated carbocycles. The number of rotatable bonds is 5. The molecular formula is C18H15N3O2. The lowest BCUT2D eigenvalue weighted by Gasteiger charge is -2.07. The zero-order valence-electron chi connectivity index (χ0n) is 12.3. The molecule has 5 heteroatoms. The van der Waals surface area contributed by atoms with Crippen molar-refractivity contribution in [2.75, 3.05) is 5.32 Å². The van der Waals surface area contributed by atoms with Crippen LogP contribution in [0.4, 0.5) is 11.5 Å². The molecule has 0 aliphatic carbocycles. The first-order valence-electron chi connectivity index (χ1n) is 7.21. The summed E-state index contributed by atoms with van der Waals surface area (Å²) in [4.78, 5) is 14.6. The van der Waals surface area contributed by atoms with E-state index in [4.69, 9.17) is 0 Å². The minimum absolute atomic E-state index is 0.0964. The summed E-state index contributed by atoms with van der Waals surface area (Å²) in [5.74, 6) is 0.767. The molecule has 3 rings (SSSR count). The van der Waals surface area contributed by atoms with Crippen LogP contribution in [0, 0.1) is 10.1 Å². The van der Waals surface area contributed by atoms with E-state index in [1.807, 2.05) is 48.7 Å². The number of benzene rings is 2. The van der Waals surface area contributed by atoms with Gasteiger partial charge in [-0.25, -0.2) is 4.98 Å². The number of nitrogens with zero attached hydrogens (tertiary/aromatic N) is 2. The number of anilines is 1. The minimum atomic E-state index is -0.402. The van der Waals surface area contributed by atoms with Crippen LogP contribution in [-0.4, -0.2) is 9.91 Å². The van der Waals surface area contributed by atoms with Gasteiger partial charge in [-0.15, -0.1) is 0 Å². The van der Waals surface area contributed by atoms with E-state index in [-0.39, 0.29) is 5.69 Å². The molecule has 2 aromatic carbocycles. The van der Waals surface area contributed by atoms with Gasteiger partial charge in [0.1, 0.15) is 5.82 Å². The predicted molar refractivity (Wildman–Crippen MR) is 90.1 cm³/mol. The molecule has 0 aliphatic heterocycles. The van der Waals surface area contributed by atoms with Crippen molar-refractivity contribution in [1.82, 2.24) is 4.98 Å². The van der Waals surface area contributed by atoms with Gasteiger partial charge in [0.25, 0.3) is 5.69 Å². The van der Waals surface area contributed by atoms with Crippen molar-refractivity contribution < 1.29 is 4.92 Å². The van der Waals surface area contributed by atoms with Crippen LogP contribution in [0.1, 0.15) is 5.56 Å². The average molecular weight is 305 g/mol. The van der Waals surface area contributed by atoms with Gasteiger partial charge < -0.3 is 5.32 Å². The van der Waals surface area contributed by atoms with Crippen LogP contribution in [0.15, 0.2) is 72.9 Å². The lowest BCUT2D eigenvalue weighted by Crippen LogP contribution is -2.01. The summed E-state index contributed by atoms with van der Waals surface area (Å²) >= 11 is 0. The molecular weight excluding hydrogens is 290 g/mol. The van der Waals surface area contributed by atoms with Gasteiger partial charge in [0, 0.05) is 30.4 Å². The molecule has 23 heavy (non-hydrogen) atoms. The SMILES string of the molecule is O=[N+]([O-])c1ccc(CNc2ccc(-c3ccccc3)cn2)cc1. The van der Waals surface area contributed by atoms with Crippen molar-refractivity contribution in [3.05, 3.63) is 88.6 Å². The Balaban J connectivity index is 1.63. The normalized spacial score (nSPS) is 10.3. The summed E-state index contributed by atoms with van der Waals surface area (Å²) in [6.45, 7) is 0.565. The smallest absolute Gasteiger partial charge is 0.269 e. The Kier molecular flexibility index (Phi) is 4.29. The van der Waals surface area contributed by atoms with E-state index in [0.717, 1.165) is 22.5 Å². The molecule has 3 aromatic rings. The molecule has 0 aliphatic rings. The van der Waals surface area contributed by atoms with E-state index >= 15 is 0 Å². The number of nitro benzene ring substituents is 1. The first-order valence-corrected chi connectivity index (χ1v) is 7.21. The van der Waals surface area contributed by atoms with Crippen LogP contribution in [-0.2, 0) is 6.54 Å². The maximum atomic E-state index is 10.6. The fraction of sp³-hybridized carbons (Fsp3) is 0.0556. The third-order valence-corrected chi connectivity index (χ3v) is 3.49. The standard InChI is InChI=1S/C18H15N3O2/c22-21(23)17-9-6-14(7-10-17)12-19-18-11-8-16(13-20-18)15-4-2-1-3-5-15/h1-11,13H,12H2,(H,19,20). The molecule has 114 valence electrons. The van der Waals surface area contributed by atoms with Gasteiger partial charge in [0.05, 0.1) is 4.92 Å². The zero-order valence-corrected chi connectivity index (χ0v) is 12.3. The topological polar surface area (TPSA) is 68.1 Å². The molecule has 1 N–H and O–H groups in total. The summed E-state index contributed by atoms with van der Waals surface area (Å²) in [7, 11) is 0. The molecule has 0 amide bonds. The maximum absolute atomic E-state index is 10.6. The first-order chi connectivity index (χ1) is 11.2. The van der Waals surface area contributed by atoms with E-state index in [2.05, 4.69) is 10.3 Å². The molecule has 0 spiro atoms. The van der Waals surface area contributed by atoms with E-state index in [9.17, 15) is 10.1 Å². The number of aromatic nitrogens is 1. The van der Waals surface area contributed by atoms with Gasteiger partial charge in [0.15, 0.2) is 0 Å². The van der Waals surface area contributed by atoms with Crippen LogP contribution < -0.4 is 5.32 Å². The lowest BCUT2D eigenvalue weighted by atomic mass is 10.1. The summed E-state index contributed by atoms with van der Waals surface area (Å²) in [6.07, 6.45) is 1.83. The van der Waals surface area contributed by atoms with Crippen molar-refractivity contribution in [3.63, 3.8) is 0 Å². The Hall–Kier alpha value is -3.21. The highest BCUT2D eigenvalue weighted by atomic mass is 16.6. The van der Waals surface area contributed by atoms with Gasteiger partial charge in [-0.2, -0.15) is 0 Å². The van der Waals surface area contributed by atoms with Crippen molar-refractivity contribution >= 4 is 11.5 Å². The molecule has 1 aromatic heterocycles. The average Bonchev–Trinajstić information content (AvgIpc) is 2.61. The van der Waals surface area contributed by atoms with Gasteiger partial charge in [-0.05, 0) is 23.3 Å². The Morgan fingerprint density at radius 3 is 2.26 bits per heavy atom. The second-order valence-electron chi connectivity index (χ2n) is 5.08. The molecule has 0 unspecified atom stereocenters. The van der Waals surface area contributed by atoms with Crippen molar-refractivity contribution in [3.8, 4) is 11.1 Å². The number of nitrogens with one attached hydrogen (secondary N) is 1. The molecule has 0 saturated heterocycles. The third-order valence-electron chi connectivity index (χ3n) is 3.49. The summed E-state index contributed by atoms with van der Waals surface area (Å²) in [5.41, 5.74) is 3.25. The van der Waals surface area contributed by atoms with Gasteiger partial charge in [-0.3, -0.25) is 10.1 Å². The number of hydrogen-bond acceptors (Lipinski definition) is 4. The van der Waals surface area contributed by atoms with E-state index in [1.165, 1.54) is 12.1 Å².